The van der Waals surface area contributed by atoms with Crippen LogP contribution < -0.4 is 0 Å². The highest BCUT2D eigenvalue weighted by Crippen LogP contribution is 2.35. The molecule has 0 aromatic heterocycles. The van der Waals surface area contributed by atoms with Crippen LogP contribution in [-0.4, -0.2) is 71.3 Å². The van der Waals surface area contributed by atoms with Gasteiger partial charge in [-0.3, -0.25) is 9.69 Å². The number of likely N-dealkylation sites (tertiary alicyclic amines) is 2. The van der Waals surface area contributed by atoms with Crippen LogP contribution in [0, 0.1) is 17.6 Å². The number of carbonyl (C=O) groups excluding carboxylic acids is 1. The summed E-state index contributed by atoms with van der Waals surface area (Å²) in [5, 5.41) is 7.12. The number of aliphatic carboxylic acids is 1. The second-order valence-corrected chi connectivity index (χ2v) is 8.27. The van der Waals surface area contributed by atoms with Gasteiger partial charge in [0.2, 0.25) is 0 Å². The summed E-state index contributed by atoms with van der Waals surface area (Å²) in [4.78, 5) is 25.6. The molecule has 3 atom stereocenters. The third-order valence-corrected chi connectivity index (χ3v) is 5.96. The van der Waals surface area contributed by atoms with Crippen LogP contribution in [0.2, 0.25) is 0 Å². The maximum Gasteiger partial charge on any atom is 0.490 e. The Morgan fingerprint density at radius 2 is 1.75 bits per heavy atom. The summed E-state index contributed by atoms with van der Waals surface area (Å²) in [5.74, 6) is -3.80. The highest BCUT2D eigenvalue weighted by Gasteiger charge is 2.43. The lowest BCUT2D eigenvalue weighted by Crippen LogP contribution is -2.42. The number of hydrogen-bond donors (Lipinski definition) is 1. The number of carboxylic acid groups (broad SMARTS) is 1. The van der Waals surface area contributed by atoms with Gasteiger partial charge in [0.05, 0.1) is 6.10 Å². The zero-order valence-electron chi connectivity index (χ0n) is 17.3. The molecule has 4 rings (SSSR count). The van der Waals surface area contributed by atoms with Gasteiger partial charge >= 0.3 is 12.1 Å². The van der Waals surface area contributed by atoms with Gasteiger partial charge in [0.25, 0.3) is 5.91 Å². The van der Waals surface area contributed by atoms with Gasteiger partial charge in [-0.25, -0.2) is 13.6 Å². The van der Waals surface area contributed by atoms with Gasteiger partial charge in [-0.05, 0) is 55.8 Å². The summed E-state index contributed by atoms with van der Waals surface area (Å²) in [6.07, 6.45) is -1.33. The van der Waals surface area contributed by atoms with E-state index >= 15 is 0 Å². The highest BCUT2D eigenvalue weighted by molar-refractivity contribution is 5.81. The molecule has 3 aliphatic rings. The van der Waals surface area contributed by atoms with E-state index in [9.17, 15) is 26.7 Å². The van der Waals surface area contributed by atoms with E-state index in [0.717, 1.165) is 57.4 Å². The predicted molar refractivity (Wildman–Crippen MR) is 103 cm³/mol. The van der Waals surface area contributed by atoms with E-state index in [2.05, 4.69) is 4.90 Å². The summed E-state index contributed by atoms with van der Waals surface area (Å²) >= 11 is 0. The molecule has 1 aromatic carbocycles. The van der Waals surface area contributed by atoms with Crippen LogP contribution in [0.4, 0.5) is 22.0 Å². The van der Waals surface area contributed by atoms with Crippen molar-refractivity contribution in [2.45, 2.75) is 50.6 Å². The zero-order valence-corrected chi connectivity index (χ0v) is 17.3. The standard InChI is InChI=1S/C19H24F2N2O2.C2HF3O2/c20-15-4-3-13(9-16(15)21)11-22-8-5-14-10-17(25-18(14)12-22)19(24)23-6-1-2-7-23;3-2(4,5)1(6)7/h3-4,9,14,17-18H,1-2,5-8,10-12H2;(H,6,7)/t14-,17-,18-;/m0./s1. The largest absolute Gasteiger partial charge is 0.490 e. The molecule has 0 aliphatic carbocycles. The van der Waals surface area contributed by atoms with E-state index < -0.39 is 23.8 Å². The minimum Gasteiger partial charge on any atom is -0.475 e. The molecular weight excluding hydrogens is 439 g/mol. The molecule has 3 heterocycles. The molecule has 0 unspecified atom stereocenters. The molecule has 3 saturated heterocycles. The van der Waals surface area contributed by atoms with Crippen molar-refractivity contribution in [2.75, 3.05) is 26.2 Å². The van der Waals surface area contributed by atoms with Crippen molar-refractivity contribution in [3.63, 3.8) is 0 Å². The van der Waals surface area contributed by atoms with Crippen molar-refractivity contribution in [3.8, 4) is 0 Å². The Kier molecular flexibility index (Phi) is 7.71. The molecule has 11 heteroatoms. The number of halogens is 5. The number of amides is 1. The van der Waals surface area contributed by atoms with Crippen LogP contribution in [0.5, 0.6) is 0 Å². The fourth-order valence-electron chi connectivity index (χ4n) is 4.33. The lowest BCUT2D eigenvalue weighted by Gasteiger charge is -2.34. The van der Waals surface area contributed by atoms with Crippen LogP contribution >= 0.6 is 0 Å². The summed E-state index contributed by atoms with van der Waals surface area (Å²) < 4.78 is 64.3. The number of rotatable bonds is 3. The zero-order chi connectivity index (χ0) is 23.5. The normalized spacial score (nSPS) is 25.8. The maximum atomic E-state index is 13.4. The monoisotopic (exact) mass is 464 g/mol. The second-order valence-electron chi connectivity index (χ2n) is 8.27. The third-order valence-electron chi connectivity index (χ3n) is 5.96. The van der Waals surface area contributed by atoms with Gasteiger partial charge < -0.3 is 14.7 Å². The van der Waals surface area contributed by atoms with Gasteiger partial charge in [-0.2, -0.15) is 13.2 Å². The predicted octanol–water partition coefficient (Wildman–Crippen LogP) is 3.20. The molecular formula is C21H25F5N2O4. The first-order valence-electron chi connectivity index (χ1n) is 10.4. The molecule has 3 aliphatic heterocycles. The fourth-order valence-corrected chi connectivity index (χ4v) is 4.33. The summed E-state index contributed by atoms with van der Waals surface area (Å²) in [6, 6.07) is 4.06. The van der Waals surface area contributed by atoms with Gasteiger partial charge in [0.1, 0.15) is 6.10 Å². The Morgan fingerprint density at radius 3 is 2.34 bits per heavy atom. The summed E-state index contributed by atoms with van der Waals surface area (Å²) in [7, 11) is 0. The molecule has 178 valence electrons. The minimum absolute atomic E-state index is 0.0654. The first-order chi connectivity index (χ1) is 15.0. The number of alkyl halides is 3. The number of benzene rings is 1. The summed E-state index contributed by atoms with van der Waals surface area (Å²) in [6.45, 7) is 3.93. The van der Waals surface area contributed by atoms with E-state index in [1.54, 1.807) is 6.07 Å². The third kappa shape index (κ3) is 6.16. The average Bonchev–Trinajstić information content (AvgIpc) is 3.39. The van der Waals surface area contributed by atoms with Gasteiger partial charge in [0.15, 0.2) is 11.6 Å². The van der Waals surface area contributed by atoms with Gasteiger partial charge in [-0.15, -0.1) is 0 Å². The maximum absolute atomic E-state index is 13.4. The Hall–Kier alpha value is -2.27. The van der Waals surface area contributed by atoms with E-state index in [-0.39, 0.29) is 18.1 Å². The van der Waals surface area contributed by atoms with Crippen molar-refractivity contribution in [1.82, 2.24) is 9.80 Å². The van der Waals surface area contributed by atoms with Crippen LogP contribution in [0.15, 0.2) is 18.2 Å². The number of hydrogen-bond acceptors (Lipinski definition) is 4. The molecule has 1 amide bonds. The van der Waals surface area contributed by atoms with Crippen molar-refractivity contribution in [2.24, 2.45) is 5.92 Å². The molecule has 0 radical (unpaired) electrons. The van der Waals surface area contributed by atoms with E-state index in [1.807, 2.05) is 4.90 Å². The average molecular weight is 464 g/mol. The molecule has 1 N–H and O–H groups in total. The molecule has 1 aromatic rings. The van der Waals surface area contributed by atoms with Crippen LogP contribution in [0.1, 0.15) is 31.2 Å². The minimum atomic E-state index is -5.08. The van der Waals surface area contributed by atoms with Gasteiger partial charge in [0, 0.05) is 26.2 Å². The molecule has 6 nitrogen and oxygen atoms in total. The van der Waals surface area contributed by atoms with Crippen LogP contribution in [0.3, 0.4) is 0 Å². The molecule has 32 heavy (non-hydrogen) atoms. The quantitative estimate of drug-likeness (QED) is 0.696. The topological polar surface area (TPSA) is 70.1 Å². The Morgan fingerprint density at radius 1 is 1.09 bits per heavy atom. The van der Waals surface area contributed by atoms with E-state index in [0.29, 0.717) is 12.5 Å². The SMILES string of the molecule is O=C(O)C(F)(F)F.O=C([C@@H]1C[C@@H]2CCN(Cc3ccc(F)c(F)c3)C[C@@H]2O1)N1CCCC1. The Balaban J connectivity index is 0.000000360. The van der Waals surface area contributed by atoms with Gasteiger partial charge in [-0.1, -0.05) is 6.07 Å². The molecule has 3 fully saturated rings. The number of nitrogens with zero attached hydrogens (tertiary/aromatic N) is 2. The van der Waals surface area contributed by atoms with E-state index in [4.69, 9.17) is 14.6 Å². The lowest BCUT2D eigenvalue weighted by atomic mass is 9.91. The molecule has 0 bridgehead atoms. The number of fused-ring (bicyclic) bond motifs is 1. The van der Waals surface area contributed by atoms with E-state index in [1.165, 1.54) is 12.1 Å². The number of carbonyl (C=O) groups is 2. The highest BCUT2D eigenvalue weighted by atomic mass is 19.4. The summed E-state index contributed by atoms with van der Waals surface area (Å²) in [5.41, 5.74) is 0.764. The van der Waals surface area contributed by atoms with Crippen molar-refractivity contribution >= 4 is 11.9 Å². The van der Waals surface area contributed by atoms with Crippen molar-refractivity contribution < 1.29 is 41.4 Å². The van der Waals surface area contributed by atoms with Crippen molar-refractivity contribution in [1.29, 1.82) is 0 Å². The fraction of sp³-hybridized carbons (Fsp3) is 0.619. The Labute approximate surface area is 181 Å². The number of carboxylic acids is 1. The van der Waals surface area contributed by atoms with Crippen LogP contribution in [-0.2, 0) is 20.9 Å². The number of piperidine rings is 1. The Bertz CT molecular complexity index is 829. The first-order valence-corrected chi connectivity index (χ1v) is 10.4. The number of ether oxygens (including phenoxy) is 1. The molecule has 0 spiro atoms. The smallest absolute Gasteiger partial charge is 0.475 e. The van der Waals surface area contributed by atoms with Crippen molar-refractivity contribution in [3.05, 3.63) is 35.4 Å². The lowest BCUT2D eigenvalue weighted by molar-refractivity contribution is -0.192. The first kappa shape index (κ1) is 24.4. The van der Waals surface area contributed by atoms with Crippen LogP contribution in [0.25, 0.3) is 0 Å². The molecule has 0 saturated carbocycles. The second kappa shape index (κ2) is 10.1.